The van der Waals surface area contributed by atoms with Crippen LogP contribution in [0.2, 0.25) is 0 Å². The first kappa shape index (κ1) is 17.8. The quantitative estimate of drug-likeness (QED) is 0.836. The Morgan fingerprint density at radius 2 is 2.00 bits per heavy atom. The summed E-state index contributed by atoms with van der Waals surface area (Å²) in [5.41, 5.74) is 1.44. The number of fused-ring (bicyclic) bond motifs is 2. The van der Waals surface area contributed by atoms with Crippen molar-refractivity contribution in [2.45, 2.75) is 76.7 Å². The molecule has 2 aliphatic heterocycles. The summed E-state index contributed by atoms with van der Waals surface area (Å²) in [5, 5.41) is 3.05. The number of nitrogens with zero attached hydrogens (tertiary/aromatic N) is 2. The topological polar surface area (TPSA) is 45.9 Å². The summed E-state index contributed by atoms with van der Waals surface area (Å²) in [5.74, 6) is 0. The van der Waals surface area contributed by atoms with E-state index in [4.69, 9.17) is 11.3 Å². The minimum atomic E-state index is -0.461. The zero-order valence-corrected chi connectivity index (χ0v) is 15.3. The predicted octanol–water partition coefficient (Wildman–Crippen LogP) is 4.26. The Hall–Kier alpha value is -2.06. The number of nitrogens with one attached hydrogen (secondary N) is 1. The van der Waals surface area contributed by atoms with E-state index >= 15 is 0 Å². The highest BCUT2D eigenvalue weighted by Crippen LogP contribution is 2.37. The van der Waals surface area contributed by atoms with Gasteiger partial charge in [0, 0.05) is 24.7 Å². The third-order valence-electron chi connectivity index (χ3n) is 5.01. The van der Waals surface area contributed by atoms with Crippen molar-refractivity contribution in [3.8, 4) is 0 Å². The number of hydrogen-bond acceptors (Lipinski definition) is 3. The number of alkyl carbamates (subject to hydrolysis) is 1. The average Bonchev–Trinajstić information content (AvgIpc) is 2.76. The maximum atomic E-state index is 12.0. The van der Waals surface area contributed by atoms with E-state index in [0.29, 0.717) is 17.8 Å². The zero-order valence-electron chi connectivity index (χ0n) is 15.3. The molecule has 2 saturated heterocycles. The number of ether oxygens (including phenoxy) is 1. The van der Waals surface area contributed by atoms with Gasteiger partial charge in [-0.1, -0.05) is 24.3 Å². The first-order chi connectivity index (χ1) is 11.8. The van der Waals surface area contributed by atoms with Crippen LogP contribution in [0.15, 0.2) is 24.3 Å². The minimum Gasteiger partial charge on any atom is -0.444 e. The third kappa shape index (κ3) is 4.52. The van der Waals surface area contributed by atoms with Crippen LogP contribution in [0.4, 0.5) is 10.5 Å². The van der Waals surface area contributed by atoms with Gasteiger partial charge in [-0.05, 0) is 52.0 Å². The molecule has 1 aromatic carbocycles. The summed E-state index contributed by atoms with van der Waals surface area (Å²) < 4.78 is 5.39. The van der Waals surface area contributed by atoms with Gasteiger partial charge in [-0.2, -0.15) is 0 Å². The lowest BCUT2D eigenvalue weighted by Gasteiger charge is -2.39. The van der Waals surface area contributed by atoms with Crippen molar-refractivity contribution in [1.29, 1.82) is 0 Å². The fraction of sp³-hybridized carbons (Fsp3) is 0.600. The molecule has 2 unspecified atom stereocenters. The first-order valence-electron chi connectivity index (χ1n) is 9.06. The Bertz CT molecular complexity index is 660. The molecule has 2 fully saturated rings. The molecule has 1 N–H and O–H groups in total. The Labute approximate surface area is 150 Å². The van der Waals surface area contributed by atoms with Crippen LogP contribution in [0.1, 0.15) is 52.0 Å². The van der Waals surface area contributed by atoms with Gasteiger partial charge in [-0.15, -0.1) is 0 Å². The summed E-state index contributed by atoms with van der Waals surface area (Å²) in [6.45, 7) is 13.7. The highest BCUT2D eigenvalue weighted by atomic mass is 16.6. The van der Waals surface area contributed by atoms with Crippen LogP contribution in [-0.2, 0) is 11.3 Å². The van der Waals surface area contributed by atoms with Crippen molar-refractivity contribution in [3.63, 3.8) is 0 Å². The van der Waals surface area contributed by atoms with E-state index in [1.54, 1.807) is 0 Å². The fourth-order valence-corrected chi connectivity index (χ4v) is 4.06. The van der Waals surface area contributed by atoms with E-state index in [2.05, 4.69) is 21.1 Å². The van der Waals surface area contributed by atoms with Crippen molar-refractivity contribution in [2.24, 2.45) is 0 Å². The van der Waals surface area contributed by atoms with Crippen molar-refractivity contribution in [3.05, 3.63) is 41.2 Å². The second-order valence-electron chi connectivity index (χ2n) is 8.15. The van der Waals surface area contributed by atoms with Gasteiger partial charge in [0.15, 0.2) is 5.69 Å². The van der Waals surface area contributed by atoms with Crippen molar-refractivity contribution in [1.82, 2.24) is 10.2 Å². The monoisotopic (exact) mass is 341 g/mol. The molecule has 2 aliphatic rings. The van der Waals surface area contributed by atoms with Gasteiger partial charge in [0.1, 0.15) is 5.60 Å². The molecule has 5 nitrogen and oxygen atoms in total. The largest absolute Gasteiger partial charge is 0.444 e. The van der Waals surface area contributed by atoms with Crippen LogP contribution in [0.5, 0.6) is 0 Å². The van der Waals surface area contributed by atoms with E-state index in [0.717, 1.165) is 19.4 Å². The molecule has 134 valence electrons. The third-order valence-corrected chi connectivity index (χ3v) is 5.01. The molecule has 0 aromatic heterocycles. The lowest BCUT2D eigenvalue weighted by atomic mass is 9.96. The maximum Gasteiger partial charge on any atom is 0.407 e. The highest BCUT2D eigenvalue weighted by molar-refractivity contribution is 5.68. The molecule has 0 spiro atoms. The van der Waals surface area contributed by atoms with E-state index in [-0.39, 0.29) is 12.1 Å². The molecule has 1 amide bonds. The number of benzene rings is 1. The maximum absolute atomic E-state index is 12.0. The molecule has 0 aliphatic carbocycles. The SMILES string of the molecule is [C-]#[N+]c1cccc(CN2C3CCC2CC(NC(=O)OC(C)(C)C)C3)c1. The first-order valence-corrected chi connectivity index (χ1v) is 9.06. The molecule has 2 bridgehead atoms. The number of rotatable bonds is 3. The molecule has 5 heteroatoms. The number of carbonyl (C=O) groups is 1. The van der Waals surface area contributed by atoms with E-state index in [1.807, 2.05) is 39.0 Å². The smallest absolute Gasteiger partial charge is 0.407 e. The van der Waals surface area contributed by atoms with E-state index < -0.39 is 5.60 Å². The molecule has 1 aromatic rings. The van der Waals surface area contributed by atoms with Gasteiger partial charge in [0.2, 0.25) is 0 Å². The fourth-order valence-electron chi connectivity index (χ4n) is 4.06. The second-order valence-corrected chi connectivity index (χ2v) is 8.15. The Kier molecular flexibility index (Phi) is 5.01. The van der Waals surface area contributed by atoms with Gasteiger partial charge < -0.3 is 10.1 Å². The summed E-state index contributed by atoms with van der Waals surface area (Å²) in [6.07, 6.45) is 3.99. The molecule has 0 radical (unpaired) electrons. The van der Waals surface area contributed by atoms with Crippen LogP contribution in [0, 0.1) is 6.57 Å². The van der Waals surface area contributed by atoms with Crippen LogP contribution in [-0.4, -0.2) is 34.7 Å². The highest BCUT2D eigenvalue weighted by Gasteiger charge is 2.41. The second kappa shape index (κ2) is 7.05. The van der Waals surface area contributed by atoms with Crippen LogP contribution >= 0.6 is 0 Å². The van der Waals surface area contributed by atoms with Crippen molar-refractivity contribution in [2.75, 3.05) is 0 Å². The minimum absolute atomic E-state index is 0.193. The number of amides is 1. The normalized spacial score (nSPS) is 26.1. The summed E-state index contributed by atoms with van der Waals surface area (Å²) >= 11 is 0. The number of carbonyl (C=O) groups excluding carboxylic acids is 1. The van der Waals surface area contributed by atoms with Crippen LogP contribution < -0.4 is 5.32 Å². The Morgan fingerprint density at radius 3 is 2.60 bits per heavy atom. The van der Waals surface area contributed by atoms with Crippen molar-refractivity contribution < 1.29 is 9.53 Å². The molecule has 2 atom stereocenters. The van der Waals surface area contributed by atoms with E-state index in [9.17, 15) is 4.79 Å². The van der Waals surface area contributed by atoms with Gasteiger partial charge in [0.25, 0.3) is 0 Å². The molecule has 0 saturated carbocycles. The van der Waals surface area contributed by atoms with Crippen molar-refractivity contribution >= 4 is 11.8 Å². The summed E-state index contributed by atoms with van der Waals surface area (Å²) in [6, 6.07) is 9.07. The molecule has 25 heavy (non-hydrogen) atoms. The molecule has 3 rings (SSSR count). The molecule has 2 heterocycles. The lowest BCUT2D eigenvalue weighted by molar-refractivity contribution is 0.0436. The summed E-state index contributed by atoms with van der Waals surface area (Å²) in [7, 11) is 0. The van der Waals surface area contributed by atoms with Gasteiger partial charge >= 0.3 is 6.09 Å². The predicted molar refractivity (Wildman–Crippen MR) is 97.4 cm³/mol. The van der Waals surface area contributed by atoms with Gasteiger partial charge in [0.05, 0.1) is 6.57 Å². The van der Waals surface area contributed by atoms with Gasteiger partial charge in [-0.3, -0.25) is 4.90 Å². The van der Waals surface area contributed by atoms with E-state index in [1.165, 1.54) is 18.4 Å². The van der Waals surface area contributed by atoms with Crippen LogP contribution in [0.25, 0.3) is 4.85 Å². The standard InChI is InChI=1S/C20H27N3O2/c1-20(2,3)25-19(24)22-16-11-17-8-9-18(12-16)23(17)13-14-6-5-7-15(10-14)21-4/h5-7,10,16-18H,8-9,11-13H2,1-3H3,(H,22,24). The number of hydrogen-bond donors (Lipinski definition) is 1. The van der Waals surface area contributed by atoms with Crippen LogP contribution in [0.3, 0.4) is 0 Å². The summed E-state index contributed by atoms with van der Waals surface area (Å²) in [4.78, 5) is 18.1. The Balaban J connectivity index is 1.59. The zero-order chi connectivity index (χ0) is 18.0. The average molecular weight is 341 g/mol. The van der Waals surface area contributed by atoms with Gasteiger partial charge in [-0.25, -0.2) is 9.64 Å². The molecular weight excluding hydrogens is 314 g/mol. The molecular formula is C20H27N3O2. The number of piperidine rings is 1. The Morgan fingerprint density at radius 1 is 1.32 bits per heavy atom. The lowest BCUT2D eigenvalue weighted by Crippen LogP contribution is -2.50.